The van der Waals surface area contributed by atoms with E-state index in [4.69, 9.17) is 6.42 Å². The van der Waals surface area contributed by atoms with Crippen molar-refractivity contribution in [3.8, 4) is 12.3 Å². The summed E-state index contributed by atoms with van der Waals surface area (Å²) < 4.78 is 0. The van der Waals surface area contributed by atoms with Crippen molar-refractivity contribution in [2.75, 3.05) is 11.4 Å². The first-order valence-electron chi connectivity index (χ1n) is 6.29. The number of carbonyl (C=O) groups is 1. The third kappa shape index (κ3) is 2.26. The summed E-state index contributed by atoms with van der Waals surface area (Å²) in [7, 11) is 0. The second kappa shape index (κ2) is 4.49. The number of carbonyl (C=O) groups excluding carboxylic acids is 1. The van der Waals surface area contributed by atoms with Crippen molar-refractivity contribution in [1.82, 2.24) is 0 Å². The number of hydrogen-bond donors (Lipinski definition) is 0. The number of terminal acetylenes is 1. The van der Waals surface area contributed by atoms with Crippen LogP contribution in [0.15, 0.2) is 24.3 Å². The van der Waals surface area contributed by atoms with Crippen LogP contribution in [0.25, 0.3) is 0 Å². The molecule has 94 valence electrons. The smallest absolute Gasteiger partial charge is 0.228 e. The number of benzene rings is 1. The fourth-order valence-electron chi connectivity index (χ4n) is 2.40. The van der Waals surface area contributed by atoms with Crippen molar-refractivity contribution >= 4 is 11.6 Å². The summed E-state index contributed by atoms with van der Waals surface area (Å²) in [5, 5.41) is 0. The second-order valence-corrected chi connectivity index (χ2v) is 5.84. The van der Waals surface area contributed by atoms with Crippen LogP contribution in [0.3, 0.4) is 0 Å². The number of anilines is 1. The van der Waals surface area contributed by atoms with Crippen molar-refractivity contribution in [2.45, 2.75) is 32.6 Å². The van der Waals surface area contributed by atoms with Crippen molar-refractivity contribution < 1.29 is 4.79 Å². The first kappa shape index (κ1) is 12.7. The van der Waals surface area contributed by atoms with Gasteiger partial charge >= 0.3 is 0 Å². The molecule has 1 aliphatic heterocycles. The van der Waals surface area contributed by atoms with Crippen LogP contribution in [-0.4, -0.2) is 12.5 Å². The Morgan fingerprint density at radius 1 is 1.33 bits per heavy atom. The summed E-state index contributed by atoms with van der Waals surface area (Å²) in [4.78, 5) is 13.9. The molecule has 1 saturated heterocycles. The van der Waals surface area contributed by atoms with Gasteiger partial charge in [-0.3, -0.25) is 4.79 Å². The lowest BCUT2D eigenvalue weighted by Gasteiger charge is -2.27. The summed E-state index contributed by atoms with van der Waals surface area (Å²) in [6.45, 7) is 7.11. The first-order valence-corrected chi connectivity index (χ1v) is 6.29. The molecule has 0 aliphatic carbocycles. The third-order valence-electron chi connectivity index (χ3n) is 3.36. The van der Waals surface area contributed by atoms with Crippen LogP contribution in [0.2, 0.25) is 0 Å². The van der Waals surface area contributed by atoms with Crippen molar-refractivity contribution in [1.29, 1.82) is 0 Å². The number of amides is 1. The summed E-state index contributed by atoms with van der Waals surface area (Å²) in [5.74, 6) is 2.87. The fraction of sp³-hybridized carbons (Fsp3) is 0.438. The van der Waals surface area contributed by atoms with Gasteiger partial charge in [-0.2, -0.15) is 0 Å². The van der Waals surface area contributed by atoms with Crippen LogP contribution >= 0.6 is 0 Å². The predicted molar refractivity (Wildman–Crippen MR) is 74.4 cm³/mol. The van der Waals surface area contributed by atoms with Gasteiger partial charge in [-0.1, -0.05) is 39.0 Å². The Morgan fingerprint density at radius 2 is 2.00 bits per heavy atom. The van der Waals surface area contributed by atoms with Crippen molar-refractivity contribution in [3.05, 3.63) is 29.8 Å². The Balaban J connectivity index is 2.41. The van der Waals surface area contributed by atoms with E-state index in [1.807, 2.05) is 23.1 Å². The molecule has 0 radical (unpaired) electrons. The summed E-state index contributed by atoms with van der Waals surface area (Å²) >= 11 is 0. The molecule has 1 aromatic carbocycles. The summed E-state index contributed by atoms with van der Waals surface area (Å²) in [6.07, 6.45) is 5.90. The lowest BCUT2D eigenvalue weighted by molar-refractivity contribution is -0.117. The van der Waals surface area contributed by atoms with E-state index in [1.54, 1.807) is 0 Å². The molecule has 0 bridgehead atoms. The van der Waals surface area contributed by atoms with E-state index in [-0.39, 0.29) is 17.2 Å². The highest BCUT2D eigenvalue weighted by atomic mass is 16.2. The molecule has 0 N–H and O–H groups in total. The maximum absolute atomic E-state index is 12.1. The summed E-state index contributed by atoms with van der Waals surface area (Å²) in [6, 6.07) is 8.09. The minimum atomic E-state index is 0.0190. The Kier molecular flexibility index (Phi) is 3.17. The lowest BCUT2D eigenvalue weighted by atomic mass is 9.85. The van der Waals surface area contributed by atoms with Crippen LogP contribution in [0, 0.1) is 18.3 Å². The Hall–Kier alpha value is -1.75. The van der Waals surface area contributed by atoms with E-state index in [0.717, 1.165) is 5.69 Å². The van der Waals surface area contributed by atoms with Crippen LogP contribution in [0.1, 0.15) is 32.8 Å². The molecule has 0 aromatic heterocycles. The lowest BCUT2D eigenvalue weighted by Crippen LogP contribution is -2.28. The number of rotatable bonds is 1. The van der Waals surface area contributed by atoms with Gasteiger partial charge in [-0.05, 0) is 17.0 Å². The maximum Gasteiger partial charge on any atom is 0.228 e. The number of hydrogen-bond acceptors (Lipinski definition) is 1. The largest absolute Gasteiger partial charge is 0.311 e. The van der Waals surface area contributed by atoms with Gasteiger partial charge in [0, 0.05) is 24.6 Å². The SMILES string of the molecule is C#CC1CC(=O)N(c2ccccc2C(C)(C)C)C1. The van der Waals surface area contributed by atoms with Gasteiger partial charge in [0.2, 0.25) is 5.91 Å². The molecule has 2 nitrogen and oxygen atoms in total. The summed E-state index contributed by atoms with van der Waals surface area (Å²) in [5.41, 5.74) is 2.22. The van der Waals surface area contributed by atoms with Gasteiger partial charge in [0.25, 0.3) is 0 Å². The second-order valence-electron chi connectivity index (χ2n) is 5.84. The molecule has 1 aliphatic rings. The zero-order valence-electron chi connectivity index (χ0n) is 11.2. The van der Waals surface area contributed by atoms with Crippen molar-refractivity contribution in [3.63, 3.8) is 0 Å². The molecule has 2 rings (SSSR count). The fourth-order valence-corrected chi connectivity index (χ4v) is 2.40. The van der Waals surface area contributed by atoms with E-state index in [9.17, 15) is 4.79 Å². The Morgan fingerprint density at radius 3 is 2.56 bits per heavy atom. The molecule has 0 spiro atoms. The monoisotopic (exact) mass is 241 g/mol. The van der Waals surface area contributed by atoms with E-state index < -0.39 is 0 Å². The molecule has 1 amide bonds. The minimum absolute atomic E-state index is 0.0190. The van der Waals surface area contributed by atoms with Gasteiger partial charge in [0.05, 0.1) is 0 Å². The molecule has 1 heterocycles. The molecular formula is C16H19NO. The Bertz CT molecular complexity index is 505. The minimum Gasteiger partial charge on any atom is -0.311 e. The van der Waals surface area contributed by atoms with Crippen LogP contribution in [-0.2, 0) is 10.2 Å². The van der Waals surface area contributed by atoms with Crippen molar-refractivity contribution in [2.24, 2.45) is 5.92 Å². The van der Waals surface area contributed by atoms with E-state index >= 15 is 0 Å². The number of nitrogens with zero attached hydrogens (tertiary/aromatic N) is 1. The van der Waals surface area contributed by atoms with Gasteiger partial charge < -0.3 is 4.90 Å². The van der Waals surface area contributed by atoms with E-state index in [2.05, 4.69) is 32.8 Å². The highest BCUT2D eigenvalue weighted by molar-refractivity contribution is 5.97. The Labute approximate surface area is 109 Å². The standard InChI is InChI=1S/C16H19NO/c1-5-12-10-15(18)17(11-12)14-9-7-6-8-13(14)16(2,3)4/h1,6-9,12H,10-11H2,2-4H3. The zero-order valence-corrected chi connectivity index (χ0v) is 11.2. The average Bonchev–Trinajstić information content (AvgIpc) is 2.69. The molecule has 18 heavy (non-hydrogen) atoms. The molecule has 0 saturated carbocycles. The van der Waals surface area contributed by atoms with Gasteiger partial charge in [0.1, 0.15) is 0 Å². The van der Waals surface area contributed by atoms with E-state index in [0.29, 0.717) is 13.0 Å². The number of para-hydroxylation sites is 1. The van der Waals surface area contributed by atoms with Gasteiger partial charge in [-0.25, -0.2) is 0 Å². The maximum atomic E-state index is 12.1. The topological polar surface area (TPSA) is 20.3 Å². The first-order chi connectivity index (χ1) is 8.43. The highest BCUT2D eigenvalue weighted by Crippen LogP contribution is 2.34. The third-order valence-corrected chi connectivity index (χ3v) is 3.36. The average molecular weight is 241 g/mol. The van der Waals surface area contributed by atoms with Crippen LogP contribution in [0.4, 0.5) is 5.69 Å². The van der Waals surface area contributed by atoms with Gasteiger partial charge in [-0.15, -0.1) is 12.3 Å². The van der Waals surface area contributed by atoms with E-state index in [1.165, 1.54) is 5.56 Å². The molecule has 2 heteroatoms. The van der Waals surface area contributed by atoms with Crippen LogP contribution < -0.4 is 4.90 Å². The zero-order chi connectivity index (χ0) is 13.3. The molecule has 1 fully saturated rings. The van der Waals surface area contributed by atoms with Crippen LogP contribution in [0.5, 0.6) is 0 Å². The predicted octanol–water partition coefficient (Wildman–Crippen LogP) is 2.97. The normalized spacial score (nSPS) is 20.0. The molecule has 1 unspecified atom stereocenters. The molecule has 1 atom stereocenters. The quantitative estimate of drug-likeness (QED) is 0.692. The highest BCUT2D eigenvalue weighted by Gasteiger charge is 2.32. The van der Waals surface area contributed by atoms with Gasteiger partial charge in [0.15, 0.2) is 0 Å². The molecular weight excluding hydrogens is 222 g/mol. The molecule has 1 aromatic rings.